The van der Waals surface area contributed by atoms with Crippen LogP contribution in [0.4, 0.5) is 5.69 Å². The van der Waals surface area contributed by atoms with Gasteiger partial charge in [0.25, 0.3) is 0 Å². The lowest BCUT2D eigenvalue weighted by atomic mass is 10.2. The fraction of sp³-hybridized carbons (Fsp3) is 0.143. The van der Waals surface area contributed by atoms with Crippen LogP contribution in [0.15, 0.2) is 40.1 Å². The van der Waals surface area contributed by atoms with Gasteiger partial charge in [0.05, 0.1) is 5.69 Å². The molecule has 0 saturated carbocycles. The van der Waals surface area contributed by atoms with Crippen molar-refractivity contribution in [1.29, 1.82) is 5.26 Å². The lowest BCUT2D eigenvalue weighted by Gasteiger charge is -2.03. The molecule has 11 heteroatoms. The number of allylic oxidation sites excluding steroid dienone is 1. The maximum atomic E-state index is 12.1. The van der Waals surface area contributed by atoms with Crippen molar-refractivity contribution in [1.82, 2.24) is 34.6 Å². The summed E-state index contributed by atoms with van der Waals surface area (Å²) < 4.78 is 3.52. The number of rotatable bonds is 4. The van der Waals surface area contributed by atoms with Gasteiger partial charge in [0, 0.05) is 26.0 Å². The van der Waals surface area contributed by atoms with E-state index >= 15 is 0 Å². The van der Waals surface area contributed by atoms with Gasteiger partial charge in [-0.15, -0.1) is 10.2 Å². The molecule has 0 unspecified atom stereocenters. The molecule has 0 atom stereocenters. The molecule has 2 aromatic heterocycles. The zero-order chi connectivity index (χ0) is 18.0. The minimum Gasteiger partial charge on any atom is -0.360 e. The summed E-state index contributed by atoms with van der Waals surface area (Å²) >= 11 is 0. The number of nitrogens with one attached hydrogen (secondary N) is 2. The van der Waals surface area contributed by atoms with E-state index in [-0.39, 0.29) is 11.4 Å². The first kappa shape index (κ1) is 15.9. The molecule has 11 nitrogen and oxygen atoms in total. The molecule has 0 aliphatic rings. The minimum absolute atomic E-state index is 0.172. The average molecular weight is 339 g/mol. The topological polar surface area (TPSA) is 139 Å². The third-order valence-corrected chi connectivity index (χ3v) is 3.60. The Morgan fingerprint density at radius 3 is 2.36 bits per heavy atom. The summed E-state index contributed by atoms with van der Waals surface area (Å²) in [6.07, 6.45) is 1.44. The number of benzene rings is 1. The van der Waals surface area contributed by atoms with Crippen LogP contribution in [0.1, 0.15) is 5.82 Å². The van der Waals surface area contributed by atoms with Crippen molar-refractivity contribution in [3.8, 4) is 11.8 Å². The first-order valence-electron chi connectivity index (χ1n) is 7.09. The summed E-state index contributed by atoms with van der Waals surface area (Å²) in [5.41, 5.74) is 0.431. The number of H-pyrrole nitrogens is 1. The van der Waals surface area contributed by atoms with E-state index < -0.39 is 11.4 Å². The lowest BCUT2D eigenvalue weighted by Crippen LogP contribution is -2.26. The lowest BCUT2D eigenvalue weighted by molar-refractivity contribution is 0.565. The Labute approximate surface area is 140 Å². The smallest absolute Gasteiger partial charge is 0.351 e. The van der Waals surface area contributed by atoms with E-state index in [9.17, 15) is 9.59 Å². The van der Waals surface area contributed by atoms with Crippen LogP contribution in [0.25, 0.3) is 11.3 Å². The predicted octanol–water partition coefficient (Wildman–Crippen LogP) is -0.636. The van der Waals surface area contributed by atoms with Crippen molar-refractivity contribution in [3.63, 3.8) is 0 Å². The van der Waals surface area contributed by atoms with Crippen molar-refractivity contribution < 1.29 is 0 Å². The Hall–Kier alpha value is -3.94. The van der Waals surface area contributed by atoms with Crippen LogP contribution >= 0.6 is 0 Å². The van der Waals surface area contributed by atoms with Crippen molar-refractivity contribution in [2.75, 3.05) is 5.32 Å². The molecule has 0 amide bonds. The van der Waals surface area contributed by atoms with Crippen LogP contribution in [0, 0.1) is 11.3 Å². The highest BCUT2D eigenvalue weighted by molar-refractivity contribution is 5.74. The van der Waals surface area contributed by atoms with Crippen LogP contribution in [-0.2, 0) is 14.1 Å². The van der Waals surface area contributed by atoms with Crippen molar-refractivity contribution in [2.45, 2.75) is 0 Å². The third-order valence-electron chi connectivity index (χ3n) is 3.60. The van der Waals surface area contributed by atoms with Gasteiger partial charge in [0.1, 0.15) is 11.6 Å². The van der Waals surface area contributed by atoms with Gasteiger partial charge >= 0.3 is 11.4 Å². The van der Waals surface area contributed by atoms with E-state index in [2.05, 4.69) is 25.9 Å². The second kappa shape index (κ2) is 6.28. The maximum Gasteiger partial charge on any atom is 0.351 e. The summed E-state index contributed by atoms with van der Waals surface area (Å²) in [5.74, 6) is 0.172. The highest BCUT2D eigenvalue weighted by Gasteiger charge is 2.12. The molecule has 25 heavy (non-hydrogen) atoms. The van der Waals surface area contributed by atoms with E-state index in [4.69, 9.17) is 5.26 Å². The Balaban J connectivity index is 1.87. The fourth-order valence-corrected chi connectivity index (χ4v) is 2.13. The molecule has 0 radical (unpaired) electrons. The first-order chi connectivity index (χ1) is 12.0. The number of aromatic amines is 1. The molecule has 0 aliphatic heterocycles. The molecule has 126 valence electrons. The second-order valence-electron chi connectivity index (χ2n) is 5.04. The summed E-state index contributed by atoms with van der Waals surface area (Å²) in [5, 5.41) is 25.1. The molecular formula is C14H13N9O2. The van der Waals surface area contributed by atoms with E-state index in [0.29, 0.717) is 11.4 Å². The molecule has 1 aromatic carbocycles. The number of nitriles is 1. The van der Waals surface area contributed by atoms with Gasteiger partial charge in [-0.05, 0) is 29.5 Å². The predicted molar refractivity (Wildman–Crippen MR) is 87.6 cm³/mol. The number of nitrogens with zero attached hydrogens (tertiary/aromatic N) is 7. The SMILES string of the molecule is Cn1c(=O)n(-c2ccc(NC=C(C#N)c3nn[nH]n3)cc2)c(=O)n1C. The molecule has 0 saturated heterocycles. The number of aromatic nitrogens is 7. The van der Waals surface area contributed by atoms with Gasteiger partial charge in [0.15, 0.2) is 0 Å². The van der Waals surface area contributed by atoms with Crippen molar-refractivity contribution >= 4 is 11.3 Å². The van der Waals surface area contributed by atoms with Crippen LogP contribution in [0.2, 0.25) is 0 Å². The van der Waals surface area contributed by atoms with Gasteiger partial charge < -0.3 is 5.32 Å². The minimum atomic E-state index is -0.433. The molecular weight excluding hydrogens is 326 g/mol. The highest BCUT2D eigenvalue weighted by Crippen LogP contribution is 2.13. The Morgan fingerprint density at radius 1 is 1.20 bits per heavy atom. The second-order valence-corrected chi connectivity index (χ2v) is 5.04. The van der Waals surface area contributed by atoms with E-state index in [1.54, 1.807) is 24.3 Å². The number of hydrogen-bond acceptors (Lipinski definition) is 7. The Morgan fingerprint density at radius 2 is 1.84 bits per heavy atom. The molecule has 3 rings (SSSR count). The monoisotopic (exact) mass is 339 g/mol. The standard InChI is InChI=1S/C14H13N9O2/c1-21-13(24)23(14(25)22(21)2)11-5-3-10(4-6-11)16-8-9(7-15)12-17-19-20-18-12/h3-6,8,16H,1-2H3,(H,17,18,19,20). The van der Waals surface area contributed by atoms with E-state index in [0.717, 1.165) is 4.57 Å². The fourth-order valence-electron chi connectivity index (χ4n) is 2.13. The first-order valence-corrected chi connectivity index (χ1v) is 7.09. The van der Waals surface area contributed by atoms with Crippen molar-refractivity contribution in [2.24, 2.45) is 14.1 Å². The van der Waals surface area contributed by atoms with Crippen LogP contribution in [0.3, 0.4) is 0 Å². The summed E-state index contributed by atoms with van der Waals surface area (Å²) in [6, 6.07) is 8.56. The van der Waals surface area contributed by atoms with E-state index in [1.807, 2.05) is 6.07 Å². The largest absolute Gasteiger partial charge is 0.360 e. The van der Waals surface area contributed by atoms with E-state index in [1.165, 1.54) is 29.7 Å². The van der Waals surface area contributed by atoms with Crippen LogP contribution in [0.5, 0.6) is 0 Å². The number of tetrazole rings is 1. The van der Waals surface area contributed by atoms with Gasteiger partial charge in [-0.25, -0.2) is 23.5 Å². The van der Waals surface area contributed by atoms with Crippen LogP contribution < -0.4 is 16.7 Å². The average Bonchev–Trinajstić information content (AvgIpc) is 3.22. The van der Waals surface area contributed by atoms with Gasteiger partial charge in [-0.1, -0.05) is 0 Å². The maximum absolute atomic E-state index is 12.1. The highest BCUT2D eigenvalue weighted by atomic mass is 16.2. The molecule has 2 N–H and O–H groups in total. The summed E-state index contributed by atoms with van der Waals surface area (Å²) in [7, 11) is 3.03. The molecule has 0 spiro atoms. The zero-order valence-electron chi connectivity index (χ0n) is 13.3. The van der Waals surface area contributed by atoms with Gasteiger partial charge in [-0.3, -0.25) is 0 Å². The third kappa shape index (κ3) is 2.83. The van der Waals surface area contributed by atoms with Crippen molar-refractivity contribution in [3.05, 3.63) is 57.3 Å². The Bertz CT molecular complexity index is 1040. The number of anilines is 1. The van der Waals surface area contributed by atoms with Crippen LogP contribution in [-0.4, -0.2) is 34.6 Å². The van der Waals surface area contributed by atoms with Gasteiger partial charge in [-0.2, -0.15) is 10.5 Å². The molecule has 0 fully saturated rings. The number of hydrogen-bond donors (Lipinski definition) is 2. The molecule has 0 bridgehead atoms. The zero-order valence-corrected chi connectivity index (χ0v) is 13.3. The summed E-state index contributed by atoms with van der Waals surface area (Å²) in [4.78, 5) is 24.2. The molecule has 3 aromatic rings. The normalized spacial score (nSPS) is 11.3. The van der Waals surface area contributed by atoms with Gasteiger partial charge in [0.2, 0.25) is 5.82 Å². The molecule has 0 aliphatic carbocycles. The quantitative estimate of drug-likeness (QED) is 0.603. The molecule has 2 heterocycles. The Kier molecular flexibility index (Phi) is 4.00. The summed E-state index contributed by atoms with van der Waals surface area (Å²) in [6.45, 7) is 0.